The summed E-state index contributed by atoms with van der Waals surface area (Å²) in [5, 5.41) is 0. The predicted octanol–water partition coefficient (Wildman–Crippen LogP) is 5.50. The lowest BCUT2D eigenvalue weighted by Crippen LogP contribution is -2.24. The maximum Gasteiger partial charge on any atom is 0.0248 e. The smallest absolute Gasteiger partial charge is 0.0248 e. The first-order chi connectivity index (χ1) is 13.8. The van der Waals surface area contributed by atoms with Crippen LogP contribution in [0.2, 0.25) is 0 Å². The average Bonchev–Trinajstić information content (AvgIpc) is 2.75. The Kier molecular flexibility index (Phi) is 8.16. The van der Waals surface area contributed by atoms with Gasteiger partial charge in [-0.2, -0.15) is 0 Å². The van der Waals surface area contributed by atoms with E-state index in [4.69, 9.17) is 5.73 Å². The summed E-state index contributed by atoms with van der Waals surface area (Å²) in [5.41, 5.74) is 11.1. The molecule has 2 N–H and O–H groups in total. The van der Waals surface area contributed by atoms with Crippen LogP contribution in [0.4, 0.5) is 0 Å². The third-order valence-corrected chi connectivity index (χ3v) is 5.87. The molecule has 0 atom stereocenters. The molecule has 0 aliphatic carbocycles. The molecule has 28 heavy (non-hydrogen) atoms. The molecule has 3 aromatic rings. The van der Waals surface area contributed by atoms with Crippen LogP contribution in [0.5, 0.6) is 0 Å². The molecule has 0 spiro atoms. The Hall–Kier alpha value is -2.07. The topological polar surface area (TPSA) is 29.3 Å². The zero-order valence-electron chi connectivity index (χ0n) is 16.7. The fraction of sp³-hybridized carbons (Fsp3) is 0.280. The number of nitrogens with zero attached hydrogens (tertiary/aromatic N) is 1. The van der Waals surface area contributed by atoms with Crippen molar-refractivity contribution in [2.45, 2.75) is 37.4 Å². The summed E-state index contributed by atoms with van der Waals surface area (Å²) in [6.07, 6.45) is 4.43. The van der Waals surface area contributed by atoms with Crippen molar-refractivity contribution in [3.8, 4) is 0 Å². The quantitative estimate of drug-likeness (QED) is 0.463. The van der Waals surface area contributed by atoms with Crippen molar-refractivity contribution in [2.24, 2.45) is 5.73 Å². The Labute approximate surface area is 173 Å². The second kappa shape index (κ2) is 11.1. The Morgan fingerprint density at radius 2 is 1.43 bits per heavy atom. The lowest BCUT2D eigenvalue weighted by atomic mass is 10.1. The van der Waals surface area contributed by atoms with Crippen molar-refractivity contribution in [1.29, 1.82) is 0 Å². The SMILES string of the molecule is CSc1ccccc1CN(CCCc1ccccc1)Cc1ccc(CN)cc1. The number of rotatable bonds is 10. The molecule has 0 aliphatic heterocycles. The van der Waals surface area contributed by atoms with Crippen molar-refractivity contribution >= 4 is 11.8 Å². The van der Waals surface area contributed by atoms with E-state index in [1.807, 2.05) is 11.8 Å². The van der Waals surface area contributed by atoms with E-state index in [1.54, 1.807) is 0 Å². The highest BCUT2D eigenvalue weighted by Crippen LogP contribution is 2.22. The van der Waals surface area contributed by atoms with Gasteiger partial charge in [-0.25, -0.2) is 0 Å². The maximum absolute atomic E-state index is 5.74. The van der Waals surface area contributed by atoms with Crippen molar-refractivity contribution in [2.75, 3.05) is 12.8 Å². The van der Waals surface area contributed by atoms with Gasteiger partial charge in [-0.05, 0) is 54.0 Å². The summed E-state index contributed by atoms with van der Waals surface area (Å²) in [7, 11) is 0. The molecular weight excluding hydrogens is 360 g/mol. The van der Waals surface area contributed by atoms with E-state index in [1.165, 1.54) is 27.1 Å². The summed E-state index contributed by atoms with van der Waals surface area (Å²) in [5.74, 6) is 0. The van der Waals surface area contributed by atoms with Crippen LogP contribution in [0, 0.1) is 0 Å². The number of aryl methyl sites for hydroxylation is 1. The molecule has 0 heterocycles. The van der Waals surface area contributed by atoms with Crippen molar-refractivity contribution in [3.63, 3.8) is 0 Å². The molecule has 2 nitrogen and oxygen atoms in total. The van der Waals surface area contributed by atoms with Gasteiger partial charge in [0, 0.05) is 24.5 Å². The van der Waals surface area contributed by atoms with Gasteiger partial charge in [-0.1, -0.05) is 72.8 Å². The summed E-state index contributed by atoms with van der Waals surface area (Å²) in [4.78, 5) is 3.93. The fourth-order valence-electron chi connectivity index (χ4n) is 3.48. The zero-order valence-corrected chi connectivity index (χ0v) is 17.5. The molecule has 146 valence electrons. The van der Waals surface area contributed by atoms with Crippen molar-refractivity contribution in [3.05, 3.63) is 101 Å². The second-order valence-corrected chi connectivity index (χ2v) is 7.98. The minimum absolute atomic E-state index is 0.599. The lowest BCUT2D eigenvalue weighted by molar-refractivity contribution is 0.252. The van der Waals surface area contributed by atoms with Crippen LogP contribution in [0.25, 0.3) is 0 Å². The van der Waals surface area contributed by atoms with Gasteiger partial charge < -0.3 is 5.73 Å². The normalized spacial score (nSPS) is 11.1. The molecular formula is C25H30N2S. The lowest BCUT2D eigenvalue weighted by Gasteiger charge is -2.24. The minimum atomic E-state index is 0.599. The molecule has 0 saturated heterocycles. The van der Waals surface area contributed by atoms with E-state index in [9.17, 15) is 0 Å². The molecule has 0 fully saturated rings. The molecule has 0 unspecified atom stereocenters. The van der Waals surface area contributed by atoms with Gasteiger partial charge in [0.1, 0.15) is 0 Å². The summed E-state index contributed by atoms with van der Waals surface area (Å²) in [6, 6.07) is 28.2. The number of thioether (sulfide) groups is 1. The van der Waals surface area contributed by atoms with Crippen LogP contribution >= 0.6 is 11.8 Å². The molecule has 0 amide bonds. The minimum Gasteiger partial charge on any atom is -0.326 e. The van der Waals surface area contributed by atoms with Gasteiger partial charge in [-0.15, -0.1) is 11.8 Å². The van der Waals surface area contributed by atoms with Crippen molar-refractivity contribution in [1.82, 2.24) is 4.90 Å². The number of nitrogens with two attached hydrogens (primary N) is 1. The molecule has 0 aliphatic rings. The first-order valence-electron chi connectivity index (χ1n) is 9.94. The zero-order chi connectivity index (χ0) is 19.6. The average molecular weight is 391 g/mol. The molecule has 0 aromatic heterocycles. The van der Waals surface area contributed by atoms with E-state index >= 15 is 0 Å². The highest BCUT2D eigenvalue weighted by atomic mass is 32.2. The van der Waals surface area contributed by atoms with E-state index in [0.29, 0.717) is 6.54 Å². The number of hydrogen-bond donors (Lipinski definition) is 1. The Morgan fingerprint density at radius 1 is 0.750 bits per heavy atom. The van der Waals surface area contributed by atoms with Gasteiger partial charge in [-0.3, -0.25) is 4.90 Å². The van der Waals surface area contributed by atoms with Gasteiger partial charge in [0.25, 0.3) is 0 Å². The van der Waals surface area contributed by atoms with E-state index in [2.05, 4.69) is 90.0 Å². The summed E-state index contributed by atoms with van der Waals surface area (Å²) >= 11 is 1.83. The Balaban J connectivity index is 1.68. The van der Waals surface area contributed by atoms with E-state index in [0.717, 1.165) is 32.5 Å². The summed E-state index contributed by atoms with van der Waals surface area (Å²) < 4.78 is 0. The first-order valence-corrected chi connectivity index (χ1v) is 11.2. The molecule has 0 bridgehead atoms. The van der Waals surface area contributed by atoms with E-state index < -0.39 is 0 Å². The Morgan fingerprint density at radius 3 is 2.14 bits per heavy atom. The molecule has 3 aromatic carbocycles. The molecule has 3 heteroatoms. The van der Waals surface area contributed by atoms with Crippen LogP contribution in [0.15, 0.2) is 83.8 Å². The standard InChI is InChI=1S/C25H30N2S/c1-28-25-12-6-5-11-24(25)20-27(17-7-10-21-8-3-2-4-9-21)19-23-15-13-22(18-26)14-16-23/h2-6,8-9,11-16H,7,10,17-20,26H2,1H3. The van der Waals surface area contributed by atoms with Crippen LogP contribution in [-0.2, 0) is 26.1 Å². The fourth-order valence-corrected chi connectivity index (χ4v) is 4.09. The highest BCUT2D eigenvalue weighted by molar-refractivity contribution is 7.98. The van der Waals surface area contributed by atoms with Crippen LogP contribution in [0.1, 0.15) is 28.7 Å². The van der Waals surface area contributed by atoms with Crippen molar-refractivity contribution < 1.29 is 0 Å². The third-order valence-electron chi connectivity index (χ3n) is 5.03. The second-order valence-electron chi connectivity index (χ2n) is 7.13. The summed E-state index contributed by atoms with van der Waals surface area (Å²) in [6.45, 7) is 3.62. The van der Waals surface area contributed by atoms with Gasteiger partial charge >= 0.3 is 0 Å². The molecule has 0 radical (unpaired) electrons. The van der Waals surface area contributed by atoms with Crippen LogP contribution in [-0.4, -0.2) is 17.7 Å². The van der Waals surface area contributed by atoms with Gasteiger partial charge in [0.05, 0.1) is 0 Å². The number of hydrogen-bond acceptors (Lipinski definition) is 3. The highest BCUT2D eigenvalue weighted by Gasteiger charge is 2.10. The van der Waals surface area contributed by atoms with E-state index in [-0.39, 0.29) is 0 Å². The van der Waals surface area contributed by atoms with Gasteiger partial charge in [0.15, 0.2) is 0 Å². The first kappa shape index (κ1) is 20.7. The number of benzene rings is 3. The molecule has 0 saturated carbocycles. The van der Waals surface area contributed by atoms with Crippen LogP contribution < -0.4 is 5.73 Å². The van der Waals surface area contributed by atoms with Crippen LogP contribution in [0.3, 0.4) is 0 Å². The molecule has 3 rings (SSSR count). The third kappa shape index (κ3) is 6.23. The Bertz CT molecular complexity index is 831. The predicted molar refractivity (Wildman–Crippen MR) is 121 cm³/mol. The van der Waals surface area contributed by atoms with Gasteiger partial charge in [0.2, 0.25) is 0 Å². The largest absolute Gasteiger partial charge is 0.326 e. The maximum atomic E-state index is 5.74. The monoisotopic (exact) mass is 390 g/mol.